The summed E-state index contributed by atoms with van der Waals surface area (Å²) in [6, 6.07) is 1.65. The predicted octanol–water partition coefficient (Wildman–Crippen LogP) is -0.177. The van der Waals surface area contributed by atoms with Crippen LogP contribution in [0, 0.1) is 0 Å². The molecule has 0 saturated heterocycles. The second-order valence-electron chi connectivity index (χ2n) is 3.28. The van der Waals surface area contributed by atoms with E-state index in [2.05, 4.69) is 14.6 Å². The lowest BCUT2D eigenvalue weighted by Crippen LogP contribution is -2.35. The molecule has 0 atom stereocenters. The molecule has 0 radical (unpaired) electrons. The van der Waals surface area contributed by atoms with Crippen LogP contribution in [0.2, 0.25) is 0 Å². The number of aromatic nitrogens is 1. The van der Waals surface area contributed by atoms with E-state index in [-0.39, 0.29) is 19.6 Å². The van der Waals surface area contributed by atoms with Crippen LogP contribution in [-0.4, -0.2) is 49.3 Å². The van der Waals surface area contributed by atoms with Gasteiger partial charge in [-0.05, 0) is 0 Å². The lowest BCUT2D eigenvalue weighted by Gasteiger charge is -2.17. The highest BCUT2D eigenvalue weighted by molar-refractivity contribution is 5.74. The highest BCUT2D eigenvalue weighted by Gasteiger charge is 2.17. The summed E-state index contributed by atoms with van der Waals surface area (Å²) in [5.41, 5.74) is 0. The van der Waals surface area contributed by atoms with E-state index in [1.807, 2.05) is 0 Å². The third-order valence-corrected chi connectivity index (χ3v) is 2.03. The minimum Gasteiger partial charge on any atom is -0.468 e. The Bertz CT molecular complexity index is 345. The summed E-state index contributed by atoms with van der Waals surface area (Å²) < 4.78 is 14.0. The molecule has 0 aliphatic rings. The zero-order chi connectivity index (χ0) is 12.7. The van der Waals surface area contributed by atoms with E-state index >= 15 is 0 Å². The van der Waals surface area contributed by atoms with Crippen molar-refractivity contribution in [3.63, 3.8) is 0 Å². The van der Waals surface area contributed by atoms with E-state index in [0.717, 1.165) is 0 Å². The van der Waals surface area contributed by atoms with Crippen LogP contribution in [0.15, 0.2) is 16.8 Å². The van der Waals surface area contributed by atoms with Crippen molar-refractivity contribution in [1.29, 1.82) is 0 Å². The van der Waals surface area contributed by atoms with Crippen molar-refractivity contribution in [3.8, 4) is 0 Å². The third-order valence-electron chi connectivity index (χ3n) is 2.03. The van der Waals surface area contributed by atoms with E-state index in [9.17, 15) is 9.59 Å². The molecule has 0 aromatic carbocycles. The fourth-order valence-electron chi connectivity index (χ4n) is 1.21. The Labute approximate surface area is 98.3 Å². The van der Waals surface area contributed by atoms with Gasteiger partial charge in [0, 0.05) is 6.07 Å². The molecule has 1 heterocycles. The predicted molar refractivity (Wildman–Crippen MR) is 55.8 cm³/mol. The lowest BCUT2D eigenvalue weighted by molar-refractivity contribution is -0.145. The fourth-order valence-corrected chi connectivity index (χ4v) is 1.21. The topological polar surface area (TPSA) is 81.9 Å². The van der Waals surface area contributed by atoms with Gasteiger partial charge in [-0.3, -0.25) is 14.5 Å². The van der Waals surface area contributed by atoms with E-state index in [1.165, 1.54) is 25.3 Å². The zero-order valence-corrected chi connectivity index (χ0v) is 9.71. The number of nitrogens with zero attached hydrogens (tertiary/aromatic N) is 2. The van der Waals surface area contributed by atoms with Crippen LogP contribution in [0.25, 0.3) is 0 Å². The van der Waals surface area contributed by atoms with Crippen molar-refractivity contribution < 1.29 is 23.6 Å². The van der Waals surface area contributed by atoms with E-state index in [0.29, 0.717) is 5.76 Å². The Kier molecular flexibility index (Phi) is 5.15. The van der Waals surface area contributed by atoms with Gasteiger partial charge in [0.2, 0.25) is 0 Å². The molecule has 0 bridgehead atoms. The van der Waals surface area contributed by atoms with Crippen molar-refractivity contribution in [2.75, 3.05) is 27.3 Å². The summed E-state index contributed by atoms with van der Waals surface area (Å²) >= 11 is 0. The molecule has 7 nitrogen and oxygen atoms in total. The maximum atomic E-state index is 11.2. The SMILES string of the molecule is COC(=O)CN(CC(=O)OC)Cc1ccno1. The molecule has 94 valence electrons. The first-order valence-corrected chi connectivity index (χ1v) is 4.91. The monoisotopic (exact) mass is 242 g/mol. The van der Waals surface area contributed by atoms with Gasteiger partial charge in [-0.1, -0.05) is 5.16 Å². The van der Waals surface area contributed by atoms with E-state index in [4.69, 9.17) is 4.52 Å². The fraction of sp³-hybridized carbons (Fsp3) is 0.500. The van der Waals surface area contributed by atoms with Crippen LogP contribution in [0.5, 0.6) is 0 Å². The second-order valence-corrected chi connectivity index (χ2v) is 3.28. The van der Waals surface area contributed by atoms with E-state index < -0.39 is 11.9 Å². The van der Waals surface area contributed by atoms with Gasteiger partial charge in [0.1, 0.15) is 0 Å². The molecule has 0 unspecified atom stereocenters. The van der Waals surface area contributed by atoms with Crippen LogP contribution in [0.3, 0.4) is 0 Å². The molecule has 0 aliphatic heterocycles. The quantitative estimate of drug-likeness (QED) is 0.640. The average molecular weight is 242 g/mol. The van der Waals surface area contributed by atoms with Crippen molar-refractivity contribution in [2.24, 2.45) is 0 Å². The Morgan fingerprint density at radius 1 is 1.29 bits per heavy atom. The molecule has 1 aromatic heterocycles. The van der Waals surface area contributed by atoms with Crippen LogP contribution in [0.4, 0.5) is 0 Å². The standard InChI is InChI=1S/C10H14N2O5/c1-15-9(13)6-12(7-10(14)16-2)5-8-3-4-11-17-8/h3-4H,5-7H2,1-2H3. The number of rotatable bonds is 6. The van der Waals surface area contributed by atoms with Crippen LogP contribution in [0.1, 0.15) is 5.76 Å². The number of methoxy groups -OCH3 is 2. The van der Waals surface area contributed by atoms with Crippen LogP contribution in [-0.2, 0) is 25.6 Å². The van der Waals surface area contributed by atoms with E-state index in [1.54, 1.807) is 6.07 Å². The summed E-state index contributed by atoms with van der Waals surface area (Å²) in [6.45, 7) is 0.239. The van der Waals surface area contributed by atoms with Crippen molar-refractivity contribution in [1.82, 2.24) is 10.1 Å². The Hall–Kier alpha value is -1.89. The smallest absolute Gasteiger partial charge is 0.319 e. The Morgan fingerprint density at radius 3 is 2.29 bits per heavy atom. The molecule has 17 heavy (non-hydrogen) atoms. The summed E-state index contributed by atoms with van der Waals surface area (Å²) in [5.74, 6) is -0.320. The van der Waals surface area contributed by atoms with Crippen LogP contribution < -0.4 is 0 Å². The molecular formula is C10H14N2O5. The largest absolute Gasteiger partial charge is 0.468 e. The number of ether oxygens (including phenoxy) is 2. The van der Waals surface area contributed by atoms with Gasteiger partial charge in [-0.25, -0.2) is 0 Å². The van der Waals surface area contributed by atoms with Crippen molar-refractivity contribution in [3.05, 3.63) is 18.0 Å². The maximum Gasteiger partial charge on any atom is 0.319 e. The normalized spacial score (nSPS) is 10.3. The average Bonchev–Trinajstić information content (AvgIpc) is 2.81. The number of hydrogen-bond acceptors (Lipinski definition) is 7. The molecule has 0 spiro atoms. The Balaban J connectivity index is 2.58. The number of carbonyl (C=O) groups excluding carboxylic acids is 2. The molecule has 1 rings (SSSR count). The molecule has 0 fully saturated rings. The maximum absolute atomic E-state index is 11.2. The number of carbonyl (C=O) groups is 2. The Morgan fingerprint density at radius 2 is 1.88 bits per heavy atom. The number of esters is 2. The minimum atomic E-state index is -0.437. The van der Waals surface area contributed by atoms with Crippen molar-refractivity contribution in [2.45, 2.75) is 6.54 Å². The first-order valence-electron chi connectivity index (χ1n) is 4.91. The molecular weight excluding hydrogens is 228 g/mol. The van der Waals surface area contributed by atoms with Gasteiger partial charge in [0.25, 0.3) is 0 Å². The van der Waals surface area contributed by atoms with Gasteiger partial charge in [-0.2, -0.15) is 0 Å². The first-order chi connectivity index (χ1) is 8.15. The van der Waals surface area contributed by atoms with Crippen LogP contribution >= 0.6 is 0 Å². The van der Waals surface area contributed by atoms with Gasteiger partial charge in [-0.15, -0.1) is 0 Å². The van der Waals surface area contributed by atoms with Gasteiger partial charge >= 0.3 is 11.9 Å². The van der Waals surface area contributed by atoms with Gasteiger partial charge in [0.15, 0.2) is 5.76 Å². The molecule has 0 N–H and O–H groups in total. The minimum absolute atomic E-state index is 0.0215. The lowest BCUT2D eigenvalue weighted by atomic mass is 10.4. The second kappa shape index (κ2) is 6.64. The molecule has 7 heteroatoms. The summed E-state index contributed by atoms with van der Waals surface area (Å²) in [6.07, 6.45) is 1.49. The zero-order valence-electron chi connectivity index (χ0n) is 9.71. The van der Waals surface area contributed by atoms with Gasteiger partial charge < -0.3 is 14.0 Å². The molecule has 0 aliphatic carbocycles. The summed E-state index contributed by atoms with van der Waals surface area (Å²) in [5, 5.41) is 3.54. The first kappa shape index (κ1) is 13.2. The van der Waals surface area contributed by atoms with Gasteiger partial charge in [0.05, 0.1) is 40.1 Å². The molecule has 0 amide bonds. The summed E-state index contributed by atoms with van der Waals surface area (Å²) in [7, 11) is 2.57. The highest BCUT2D eigenvalue weighted by Crippen LogP contribution is 2.03. The summed E-state index contributed by atoms with van der Waals surface area (Å²) in [4.78, 5) is 23.9. The molecule has 1 aromatic rings. The highest BCUT2D eigenvalue weighted by atomic mass is 16.5. The number of hydrogen-bond donors (Lipinski definition) is 0. The van der Waals surface area contributed by atoms with Crippen molar-refractivity contribution >= 4 is 11.9 Å². The third kappa shape index (κ3) is 4.64. The molecule has 0 saturated carbocycles.